The van der Waals surface area contributed by atoms with E-state index < -0.39 is 5.38 Å². The lowest BCUT2D eigenvalue weighted by molar-refractivity contribution is 0.276. The Morgan fingerprint density at radius 3 is 2.63 bits per heavy atom. The van der Waals surface area contributed by atoms with Gasteiger partial charge in [-0.3, -0.25) is 0 Å². The van der Waals surface area contributed by atoms with Gasteiger partial charge in [-0.15, -0.1) is 21.8 Å². The van der Waals surface area contributed by atoms with Gasteiger partial charge in [0.25, 0.3) is 0 Å². The third-order valence-electron chi connectivity index (χ3n) is 5.03. The molecule has 0 fully saturated rings. The van der Waals surface area contributed by atoms with E-state index in [0.29, 0.717) is 17.2 Å². The molecule has 0 saturated heterocycles. The van der Waals surface area contributed by atoms with E-state index >= 15 is 0 Å². The number of aromatic nitrogens is 6. The van der Waals surface area contributed by atoms with Crippen LogP contribution in [0.2, 0.25) is 0 Å². The molecule has 1 unspecified atom stereocenters. The van der Waals surface area contributed by atoms with Gasteiger partial charge in [0.2, 0.25) is 5.82 Å². The first-order chi connectivity index (χ1) is 14.7. The minimum absolute atomic E-state index is 0.141. The van der Waals surface area contributed by atoms with E-state index in [2.05, 4.69) is 37.5 Å². The van der Waals surface area contributed by atoms with Gasteiger partial charge in [0.15, 0.2) is 0 Å². The van der Waals surface area contributed by atoms with Crippen molar-refractivity contribution in [3.8, 4) is 22.5 Å². The van der Waals surface area contributed by atoms with E-state index in [-0.39, 0.29) is 6.61 Å². The number of nitrogens with zero attached hydrogens (tertiary/aromatic N) is 4. The summed E-state index contributed by atoms with van der Waals surface area (Å²) < 4.78 is 0. The summed E-state index contributed by atoms with van der Waals surface area (Å²) >= 11 is 6.84. The molecule has 2 aromatic carbocycles. The lowest BCUT2D eigenvalue weighted by Crippen LogP contribution is -2.00. The Morgan fingerprint density at radius 1 is 1.10 bits per heavy atom. The number of aliphatic hydroxyl groups excluding tert-OH is 1. The van der Waals surface area contributed by atoms with Crippen LogP contribution in [-0.4, -0.2) is 35.7 Å². The second kappa shape index (κ2) is 9.19. The number of H-pyrrole nitrogens is 2. The average Bonchev–Trinajstić information content (AvgIpc) is 3.47. The highest BCUT2D eigenvalue weighted by molar-refractivity contribution is 6.22. The maximum atomic E-state index is 9.79. The number of alkyl halides is 1. The van der Waals surface area contributed by atoms with Crippen LogP contribution in [0.4, 0.5) is 0 Å². The molecule has 4 aromatic rings. The molecular weight excluding hydrogens is 400 g/mol. The fourth-order valence-corrected chi connectivity index (χ4v) is 3.80. The van der Waals surface area contributed by atoms with Crippen LogP contribution < -0.4 is 0 Å². The van der Waals surface area contributed by atoms with Crippen LogP contribution >= 0.6 is 11.6 Å². The molecule has 3 N–H and O–H groups in total. The van der Waals surface area contributed by atoms with E-state index in [1.807, 2.05) is 48.5 Å². The van der Waals surface area contributed by atoms with Crippen LogP contribution in [0.3, 0.4) is 0 Å². The Hall–Kier alpha value is -3.03. The molecule has 4 rings (SSSR count). The highest BCUT2D eigenvalue weighted by Crippen LogP contribution is 2.36. The van der Waals surface area contributed by atoms with Gasteiger partial charge in [-0.25, -0.2) is 4.98 Å². The van der Waals surface area contributed by atoms with Gasteiger partial charge in [0, 0.05) is 12.0 Å². The number of imidazole rings is 1. The molecule has 2 heterocycles. The quantitative estimate of drug-likeness (QED) is 0.365. The fourth-order valence-electron chi connectivity index (χ4n) is 3.48. The molecule has 7 nitrogen and oxygen atoms in total. The first-order valence-electron chi connectivity index (χ1n) is 9.97. The number of unbranched alkanes of at least 4 members (excludes halogenated alkanes) is 1. The third-order valence-corrected chi connectivity index (χ3v) is 5.49. The number of aryl methyl sites for hydroxylation is 1. The number of nitrogens with one attached hydrogen (secondary N) is 2. The van der Waals surface area contributed by atoms with E-state index in [4.69, 9.17) is 11.6 Å². The minimum Gasteiger partial charge on any atom is -0.390 e. The summed E-state index contributed by atoms with van der Waals surface area (Å²) in [5.74, 6) is 1.34. The van der Waals surface area contributed by atoms with Crippen LogP contribution in [0.1, 0.15) is 47.9 Å². The van der Waals surface area contributed by atoms with Crippen LogP contribution in [0, 0.1) is 0 Å². The summed E-state index contributed by atoms with van der Waals surface area (Å²) in [6, 6.07) is 16.0. The van der Waals surface area contributed by atoms with Gasteiger partial charge in [-0.05, 0) is 34.4 Å². The zero-order valence-electron chi connectivity index (χ0n) is 16.6. The molecule has 8 heteroatoms. The summed E-state index contributed by atoms with van der Waals surface area (Å²) in [4.78, 5) is 7.88. The molecule has 0 bridgehead atoms. The molecule has 0 aliphatic heterocycles. The fraction of sp³-hybridized carbons (Fsp3) is 0.273. The largest absolute Gasteiger partial charge is 0.390 e. The van der Waals surface area contributed by atoms with Crippen LogP contribution in [-0.2, 0) is 13.0 Å². The molecule has 30 heavy (non-hydrogen) atoms. The topological polar surface area (TPSA) is 103 Å². The van der Waals surface area contributed by atoms with E-state index in [0.717, 1.165) is 47.3 Å². The van der Waals surface area contributed by atoms with Crippen molar-refractivity contribution in [3.63, 3.8) is 0 Å². The molecule has 2 aromatic heterocycles. The Balaban J connectivity index is 1.75. The van der Waals surface area contributed by atoms with Gasteiger partial charge >= 0.3 is 0 Å². The number of aromatic amines is 2. The SMILES string of the molecule is CCCCc1nc(C(Cl)c2ccc(-c3ccccc3)c(-c3nn[nH]n3)c2)c(CO)[nH]1. The summed E-state index contributed by atoms with van der Waals surface area (Å²) in [6.45, 7) is 1.99. The number of aliphatic hydroxyl groups is 1. The van der Waals surface area contributed by atoms with Gasteiger partial charge < -0.3 is 10.1 Å². The van der Waals surface area contributed by atoms with Crippen LogP contribution in [0.5, 0.6) is 0 Å². The van der Waals surface area contributed by atoms with Crippen molar-refractivity contribution in [2.24, 2.45) is 0 Å². The third kappa shape index (κ3) is 4.13. The van der Waals surface area contributed by atoms with Gasteiger partial charge in [0.05, 0.1) is 18.0 Å². The van der Waals surface area contributed by atoms with Gasteiger partial charge in [0.1, 0.15) is 11.2 Å². The summed E-state index contributed by atoms with van der Waals surface area (Å²) in [6.07, 6.45) is 2.93. The predicted molar refractivity (Wildman–Crippen MR) is 116 cm³/mol. The zero-order chi connectivity index (χ0) is 20.9. The number of hydrogen-bond acceptors (Lipinski definition) is 5. The Bertz CT molecular complexity index is 1090. The van der Waals surface area contributed by atoms with E-state index in [1.165, 1.54) is 0 Å². The normalized spacial score (nSPS) is 12.2. The molecule has 154 valence electrons. The van der Waals surface area contributed by atoms with Crippen molar-refractivity contribution in [3.05, 3.63) is 71.3 Å². The maximum absolute atomic E-state index is 9.79. The standard InChI is InChI=1S/C22H23ClN6O/c1-2-3-9-19-24-18(13-30)21(25-19)20(23)15-10-11-16(14-7-5-4-6-8-14)17(12-15)22-26-28-29-27-22/h4-8,10-12,20,30H,2-3,9,13H2,1H3,(H,24,25)(H,26,27,28,29). The lowest BCUT2D eigenvalue weighted by Gasteiger charge is -2.13. The monoisotopic (exact) mass is 422 g/mol. The molecule has 0 aliphatic carbocycles. The zero-order valence-corrected chi connectivity index (χ0v) is 17.4. The Kier molecular flexibility index (Phi) is 6.21. The van der Waals surface area contributed by atoms with Crippen molar-refractivity contribution >= 4 is 11.6 Å². The first kappa shape index (κ1) is 20.3. The molecule has 0 saturated carbocycles. The first-order valence-corrected chi connectivity index (χ1v) is 10.4. The van der Waals surface area contributed by atoms with Crippen LogP contribution in [0.15, 0.2) is 48.5 Å². The number of halogens is 1. The minimum atomic E-state index is -0.519. The maximum Gasteiger partial charge on any atom is 0.205 e. The number of hydrogen-bond donors (Lipinski definition) is 3. The van der Waals surface area contributed by atoms with E-state index in [9.17, 15) is 5.11 Å². The molecule has 0 amide bonds. The summed E-state index contributed by atoms with van der Waals surface area (Å²) in [7, 11) is 0. The molecular formula is C22H23ClN6O. The van der Waals surface area contributed by atoms with Crippen molar-refractivity contribution in [1.29, 1.82) is 0 Å². The smallest absolute Gasteiger partial charge is 0.205 e. The summed E-state index contributed by atoms with van der Waals surface area (Å²) in [5, 5.41) is 23.8. The van der Waals surface area contributed by atoms with Crippen molar-refractivity contribution in [2.75, 3.05) is 0 Å². The second-order valence-corrected chi connectivity index (χ2v) is 7.51. The number of tetrazole rings is 1. The Morgan fingerprint density at radius 2 is 1.93 bits per heavy atom. The summed E-state index contributed by atoms with van der Waals surface area (Å²) in [5.41, 5.74) is 5.00. The molecule has 1 atom stereocenters. The van der Waals surface area contributed by atoms with E-state index in [1.54, 1.807) is 0 Å². The Labute approximate surface area is 179 Å². The van der Waals surface area contributed by atoms with Crippen molar-refractivity contribution < 1.29 is 5.11 Å². The average molecular weight is 423 g/mol. The highest BCUT2D eigenvalue weighted by Gasteiger charge is 2.22. The molecule has 0 aliphatic rings. The lowest BCUT2D eigenvalue weighted by atomic mass is 9.95. The van der Waals surface area contributed by atoms with Crippen LogP contribution in [0.25, 0.3) is 22.5 Å². The number of rotatable bonds is 8. The predicted octanol–water partition coefficient (Wildman–Crippen LogP) is 4.42. The van der Waals surface area contributed by atoms with Gasteiger partial charge in [-0.1, -0.05) is 55.8 Å². The van der Waals surface area contributed by atoms with Gasteiger partial charge in [-0.2, -0.15) is 5.21 Å². The molecule has 0 radical (unpaired) electrons. The second-order valence-electron chi connectivity index (χ2n) is 7.08. The van der Waals surface area contributed by atoms with Crippen molar-refractivity contribution in [1.82, 2.24) is 30.6 Å². The molecule has 0 spiro atoms. The number of benzene rings is 2. The highest BCUT2D eigenvalue weighted by atomic mass is 35.5. The van der Waals surface area contributed by atoms with Crippen molar-refractivity contribution in [2.45, 2.75) is 38.2 Å².